The first kappa shape index (κ1) is 14.5. The first-order valence-corrected chi connectivity index (χ1v) is 7.48. The van der Waals surface area contributed by atoms with Crippen LogP contribution in [0.15, 0.2) is 29.7 Å². The van der Waals surface area contributed by atoms with Crippen molar-refractivity contribution in [2.45, 2.75) is 6.42 Å². The molecule has 3 rings (SSSR count). The molecule has 0 atom stereocenters. The fourth-order valence-corrected chi connectivity index (χ4v) is 3.10. The number of hydrogen-bond donors (Lipinski definition) is 0. The predicted molar refractivity (Wildman–Crippen MR) is 82.5 cm³/mol. The second-order valence-corrected chi connectivity index (χ2v) is 5.56. The van der Waals surface area contributed by atoms with Crippen LogP contribution in [0.4, 0.5) is 0 Å². The van der Waals surface area contributed by atoms with E-state index in [0.717, 1.165) is 28.2 Å². The summed E-state index contributed by atoms with van der Waals surface area (Å²) in [5, 5.41) is 1.82. The number of benzene rings is 1. The first-order chi connectivity index (χ1) is 10.6. The van der Waals surface area contributed by atoms with Crippen molar-refractivity contribution in [1.82, 2.24) is 4.98 Å². The lowest BCUT2D eigenvalue weighted by Gasteiger charge is -2.06. The molecule has 0 N–H and O–H groups in total. The molecule has 5 nitrogen and oxygen atoms in total. The molecule has 0 aliphatic heterocycles. The Morgan fingerprint density at radius 3 is 2.82 bits per heavy atom. The predicted octanol–water partition coefficient (Wildman–Crippen LogP) is 2.76. The average molecular weight is 315 g/mol. The Kier molecular flexibility index (Phi) is 3.77. The lowest BCUT2D eigenvalue weighted by atomic mass is 10.0. The average Bonchev–Trinajstić information content (AvgIpc) is 3.19. The Hall–Kier alpha value is -2.47. The zero-order chi connectivity index (χ0) is 15.7. The number of ether oxygens (including phenoxy) is 2. The third kappa shape index (κ3) is 2.42. The topological polar surface area (TPSA) is 65.5 Å². The van der Waals surface area contributed by atoms with Gasteiger partial charge in [-0.25, -0.2) is 9.78 Å². The second-order valence-electron chi connectivity index (χ2n) is 4.70. The number of methoxy groups -OCH3 is 2. The quantitative estimate of drug-likeness (QED) is 0.641. The largest absolute Gasteiger partial charge is 0.497 e. The van der Waals surface area contributed by atoms with Gasteiger partial charge in [0.25, 0.3) is 0 Å². The van der Waals surface area contributed by atoms with E-state index in [1.54, 1.807) is 7.11 Å². The van der Waals surface area contributed by atoms with Gasteiger partial charge in [0.15, 0.2) is 10.7 Å². The van der Waals surface area contributed by atoms with Crippen molar-refractivity contribution in [3.63, 3.8) is 0 Å². The van der Waals surface area contributed by atoms with Crippen LogP contribution in [-0.4, -0.2) is 31.0 Å². The van der Waals surface area contributed by atoms with E-state index in [1.165, 1.54) is 12.5 Å². The standard InChI is InChI=1S/C16H13NO4S/c1-20-10-4-6-11-9(7-10)3-5-12(11)14(18)15-17-13(8-22-15)16(19)21-2/h4-8H,3H2,1-2H3. The molecule has 0 radical (unpaired) electrons. The van der Waals surface area contributed by atoms with E-state index >= 15 is 0 Å². The summed E-state index contributed by atoms with van der Waals surface area (Å²) in [5.74, 6) is 0.0491. The van der Waals surface area contributed by atoms with Gasteiger partial charge in [-0.15, -0.1) is 11.3 Å². The third-order valence-electron chi connectivity index (χ3n) is 3.47. The molecule has 1 aliphatic rings. The molecule has 0 saturated heterocycles. The number of thiazole rings is 1. The fraction of sp³-hybridized carbons (Fsp3) is 0.188. The number of fused-ring (bicyclic) bond motifs is 1. The number of hydrogen-bond acceptors (Lipinski definition) is 6. The van der Waals surface area contributed by atoms with Crippen LogP contribution in [-0.2, 0) is 11.2 Å². The molecule has 0 amide bonds. The normalized spacial score (nSPS) is 12.5. The van der Waals surface area contributed by atoms with E-state index in [1.807, 2.05) is 24.3 Å². The van der Waals surface area contributed by atoms with Crippen LogP contribution in [0.5, 0.6) is 5.75 Å². The number of esters is 1. The van der Waals surface area contributed by atoms with Crippen LogP contribution in [0.25, 0.3) is 5.57 Å². The van der Waals surface area contributed by atoms with Crippen LogP contribution in [0.2, 0.25) is 0 Å². The molecular weight excluding hydrogens is 302 g/mol. The summed E-state index contributed by atoms with van der Waals surface area (Å²) in [4.78, 5) is 28.1. The summed E-state index contributed by atoms with van der Waals surface area (Å²) in [5.41, 5.74) is 2.71. The number of nitrogens with zero attached hydrogens (tertiary/aromatic N) is 1. The van der Waals surface area contributed by atoms with E-state index in [4.69, 9.17) is 4.74 Å². The smallest absolute Gasteiger partial charge is 0.357 e. The third-order valence-corrected chi connectivity index (χ3v) is 4.31. The van der Waals surface area contributed by atoms with E-state index in [0.29, 0.717) is 12.0 Å². The van der Waals surface area contributed by atoms with Gasteiger partial charge in [-0.2, -0.15) is 0 Å². The van der Waals surface area contributed by atoms with Crippen LogP contribution in [0.1, 0.15) is 31.4 Å². The molecule has 0 unspecified atom stereocenters. The number of allylic oxidation sites excluding steroid dienone is 2. The lowest BCUT2D eigenvalue weighted by Crippen LogP contribution is -2.05. The Morgan fingerprint density at radius 1 is 1.27 bits per heavy atom. The van der Waals surface area contributed by atoms with Gasteiger partial charge in [0.05, 0.1) is 14.2 Å². The van der Waals surface area contributed by atoms with E-state index < -0.39 is 5.97 Å². The maximum atomic E-state index is 12.6. The summed E-state index contributed by atoms with van der Waals surface area (Å²) in [6.07, 6.45) is 2.56. The number of carbonyl (C=O) groups excluding carboxylic acids is 2. The van der Waals surface area contributed by atoms with Crippen LogP contribution in [0, 0.1) is 0 Å². The van der Waals surface area contributed by atoms with Gasteiger partial charge in [-0.05, 0) is 29.7 Å². The van der Waals surface area contributed by atoms with E-state index in [2.05, 4.69) is 9.72 Å². The molecule has 22 heavy (non-hydrogen) atoms. The lowest BCUT2D eigenvalue weighted by molar-refractivity contribution is 0.0595. The minimum absolute atomic E-state index is 0.157. The van der Waals surface area contributed by atoms with Crippen molar-refractivity contribution in [2.75, 3.05) is 14.2 Å². The van der Waals surface area contributed by atoms with Gasteiger partial charge in [0, 0.05) is 11.0 Å². The Balaban J connectivity index is 1.89. The molecule has 1 aromatic heterocycles. The molecule has 1 aliphatic carbocycles. The second kappa shape index (κ2) is 5.73. The highest BCUT2D eigenvalue weighted by molar-refractivity contribution is 7.12. The minimum atomic E-state index is -0.541. The van der Waals surface area contributed by atoms with E-state index in [-0.39, 0.29) is 16.5 Å². The Labute approximate surface area is 131 Å². The maximum Gasteiger partial charge on any atom is 0.357 e. The van der Waals surface area contributed by atoms with Gasteiger partial charge in [-0.1, -0.05) is 12.1 Å². The van der Waals surface area contributed by atoms with Crippen molar-refractivity contribution in [3.05, 3.63) is 51.5 Å². The summed E-state index contributed by atoms with van der Waals surface area (Å²) in [6, 6.07) is 5.63. The Bertz CT molecular complexity index is 791. The maximum absolute atomic E-state index is 12.6. The highest BCUT2D eigenvalue weighted by atomic mass is 32.1. The summed E-state index contributed by atoms with van der Waals surface area (Å²) in [7, 11) is 2.90. The molecule has 112 valence electrons. The molecule has 0 spiro atoms. The minimum Gasteiger partial charge on any atom is -0.497 e. The highest BCUT2D eigenvalue weighted by Crippen LogP contribution is 2.33. The number of carbonyl (C=O) groups is 2. The molecule has 2 aromatic rings. The molecule has 1 aromatic carbocycles. The highest BCUT2D eigenvalue weighted by Gasteiger charge is 2.24. The zero-order valence-corrected chi connectivity index (χ0v) is 12.9. The van der Waals surface area contributed by atoms with Gasteiger partial charge in [0.2, 0.25) is 5.78 Å². The van der Waals surface area contributed by atoms with Crippen molar-refractivity contribution in [1.29, 1.82) is 0 Å². The number of Topliss-reactive ketones (excluding diaryl/α,β-unsaturated/α-hetero) is 1. The summed E-state index contributed by atoms with van der Waals surface area (Å²) < 4.78 is 9.79. The molecule has 1 heterocycles. The van der Waals surface area contributed by atoms with Crippen LogP contribution in [0.3, 0.4) is 0 Å². The van der Waals surface area contributed by atoms with Crippen molar-refractivity contribution in [3.8, 4) is 5.75 Å². The van der Waals surface area contributed by atoms with Crippen molar-refractivity contribution in [2.24, 2.45) is 0 Å². The van der Waals surface area contributed by atoms with Crippen molar-refractivity contribution < 1.29 is 19.1 Å². The fourth-order valence-electron chi connectivity index (χ4n) is 2.36. The molecule has 0 bridgehead atoms. The zero-order valence-electron chi connectivity index (χ0n) is 12.1. The number of aromatic nitrogens is 1. The van der Waals surface area contributed by atoms with Gasteiger partial charge in [0.1, 0.15) is 5.75 Å². The Morgan fingerprint density at radius 2 is 2.09 bits per heavy atom. The van der Waals surface area contributed by atoms with Crippen molar-refractivity contribution >= 4 is 28.7 Å². The number of ketones is 1. The summed E-state index contributed by atoms with van der Waals surface area (Å²) >= 11 is 1.14. The van der Waals surface area contributed by atoms with E-state index in [9.17, 15) is 9.59 Å². The van der Waals surface area contributed by atoms with Gasteiger partial charge in [-0.3, -0.25) is 4.79 Å². The van der Waals surface area contributed by atoms with Crippen LogP contribution < -0.4 is 4.74 Å². The molecule has 6 heteroatoms. The van der Waals surface area contributed by atoms with Crippen LogP contribution >= 0.6 is 11.3 Å². The molecule has 0 saturated carbocycles. The molecule has 0 fully saturated rings. The van der Waals surface area contributed by atoms with Gasteiger partial charge >= 0.3 is 5.97 Å². The summed E-state index contributed by atoms with van der Waals surface area (Å²) in [6.45, 7) is 0. The monoisotopic (exact) mass is 315 g/mol. The number of rotatable bonds is 4. The van der Waals surface area contributed by atoms with Gasteiger partial charge < -0.3 is 9.47 Å². The first-order valence-electron chi connectivity index (χ1n) is 6.60. The SMILES string of the molecule is COC(=O)c1csc(C(=O)C2=CCc3cc(OC)ccc32)n1. The molecular formula is C16H13NO4S.